The summed E-state index contributed by atoms with van der Waals surface area (Å²) in [6.45, 7) is 5.76. The Balaban J connectivity index is 1.55. The van der Waals surface area contributed by atoms with E-state index in [2.05, 4.69) is 29.6 Å². The van der Waals surface area contributed by atoms with Crippen molar-refractivity contribution in [3.8, 4) is 0 Å². The molecule has 5 nitrogen and oxygen atoms in total. The van der Waals surface area contributed by atoms with Gasteiger partial charge in [0.25, 0.3) is 5.91 Å². The topological polar surface area (TPSA) is 58.6 Å². The number of aryl methyl sites for hydroxylation is 2. The van der Waals surface area contributed by atoms with Gasteiger partial charge in [-0.2, -0.15) is 0 Å². The van der Waals surface area contributed by atoms with Crippen molar-refractivity contribution in [2.24, 2.45) is 0 Å². The number of hydrogen-bond donors (Lipinski definition) is 1. The SMILES string of the molecule is Cc1ccc(CN(C(=O)c2ccccc2C)c2cccc(CC(=O)NCC3CCCO3)c2)cc1. The summed E-state index contributed by atoms with van der Waals surface area (Å²) in [5.74, 6) is -0.0957. The van der Waals surface area contributed by atoms with E-state index in [1.807, 2.05) is 62.4 Å². The van der Waals surface area contributed by atoms with Crippen LogP contribution in [0, 0.1) is 13.8 Å². The molecule has 3 aromatic rings. The third-order valence-electron chi connectivity index (χ3n) is 6.22. The molecule has 1 aliphatic heterocycles. The quantitative estimate of drug-likeness (QED) is 0.520. The zero-order chi connectivity index (χ0) is 23.9. The Morgan fingerprint density at radius 1 is 0.971 bits per heavy atom. The Labute approximate surface area is 201 Å². The molecule has 0 aliphatic carbocycles. The van der Waals surface area contributed by atoms with Crippen LogP contribution in [-0.4, -0.2) is 31.1 Å². The summed E-state index contributed by atoms with van der Waals surface area (Å²) >= 11 is 0. The number of carbonyl (C=O) groups is 2. The first-order valence-electron chi connectivity index (χ1n) is 11.9. The molecule has 4 rings (SSSR count). The number of benzene rings is 3. The van der Waals surface area contributed by atoms with Crippen molar-refractivity contribution < 1.29 is 14.3 Å². The van der Waals surface area contributed by atoms with Crippen molar-refractivity contribution in [2.45, 2.75) is 45.8 Å². The zero-order valence-electron chi connectivity index (χ0n) is 19.9. The number of rotatable bonds is 8. The van der Waals surface area contributed by atoms with Crippen molar-refractivity contribution >= 4 is 17.5 Å². The van der Waals surface area contributed by atoms with Crippen molar-refractivity contribution in [2.75, 3.05) is 18.1 Å². The van der Waals surface area contributed by atoms with E-state index < -0.39 is 0 Å². The first kappa shape index (κ1) is 23.7. The molecule has 0 radical (unpaired) electrons. The Kier molecular flexibility index (Phi) is 7.76. The van der Waals surface area contributed by atoms with E-state index in [9.17, 15) is 9.59 Å². The van der Waals surface area contributed by atoms with Gasteiger partial charge in [0.15, 0.2) is 0 Å². The molecule has 1 fully saturated rings. The Morgan fingerprint density at radius 2 is 1.76 bits per heavy atom. The van der Waals surface area contributed by atoms with Gasteiger partial charge in [0.1, 0.15) is 0 Å². The van der Waals surface area contributed by atoms with Gasteiger partial charge in [-0.25, -0.2) is 0 Å². The van der Waals surface area contributed by atoms with Crippen molar-refractivity contribution in [1.82, 2.24) is 5.32 Å². The van der Waals surface area contributed by atoms with Gasteiger partial charge in [0.05, 0.1) is 19.1 Å². The second-order valence-electron chi connectivity index (χ2n) is 8.98. The summed E-state index contributed by atoms with van der Waals surface area (Å²) in [5.41, 5.74) is 5.48. The maximum atomic E-state index is 13.7. The van der Waals surface area contributed by atoms with Gasteiger partial charge in [-0.3, -0.25) is 9.59 Å². The van der Waals surface area contributed by atoms with Gasteiger partial charge in [0, 0.05) is 24.4 Å². The molecule has 1 heterocycles. The second-order valence-corrected chi connectivity index (χ2v) is 8.98. The van der Waals surface area contributed by atoms with Crippen molar-refractivity contribution in [3.63, 3.8) is 0 Å². The van der Waals surface area contributed by atoms with Crippen LogP contribution in [-0.2, 0) is 22.5 Å². The van der Waals surface area contributed by atoms with Gasteiger partial charge in [-0.1, -0.05) is 60.2 Å². The molecule has 5 heteroatoms. The lowest BCUT2D eigenvalue weighted by Crippen LogP contribution is -2.33. The number of ether oxygens (including phenoxy) is 1. The summed E-state index contributed by atoms with van der Waals surface area (Å²) in [4.78, 5) is 28.0. The maximum Gasteiger partial charge on any atom is 0.258 e. The minimum absolute atomic E-state index is 0.0389. The number of amides is 2. The third kappa shape index (κ3) is 6.12. The highest BCUT2D eigenvalue weighted by Gasteiger charge is 2.21. The average Bonchev–Trinajstić information content (AvgIpc) is 3.36. The molecule has 1 unspecified atom stereocenters. The number of nitrogens with one attached hydrogen (secondary N) is 1. The highest BCUT2D eigenvalue weighted by atomic mass is 16.5. The van der Waals surface area contributed by atoms with Crippen LogP contribution in [0.1, 0.15) is 45.5 Å². The van der Waals surface area contributed by atoms with Gasteiger partial charge in [-0.15, -0.1) is 0 Å². The van der Waals surface area contributed by atoms with Crippen molar-refractivity contribution in [3.05, 3.63) is 101 Å². The molecule has 0 bridgehead atoms. The molecule has 1 N–H and O–H groups in total. The van der Waals surface area contributed by atoms with Gasteiger partial charge < -0.3 is 15.0 Å². The maximum absolute atomic E-state index is 13.7. The molecule has 0 saturated carbocycles. The number of nitrogens with zero attached hydrogens (tertiary/aromatic N) is 1. The lowest BCUT2D eigenvalue weighted by Gasteiger charge is -2.25. The average molecular weight is 457 g/mol. The van der Waals surface area contributed by atoms with E-state index in [-0.39, 0.29) is 24.3 Å². The van der Waals surface area contributed by atoms with Crippen LogP contribution >= 0.6 is 0 Å². The summed E-state index contributed by atoms with van der Waals surface area (Å²) in [5, 5.41) is 2.98. The molecular formula is C29H32N2O3. The second kappa shape index (κ2) is 11.1. The Bertz CT molecular complexity index is 1130. The summed E-state index contributed by atoms with van der Waals surface area (Å²) in [7, 11) is 0. The normalized spacial score (nSPS) is 15.2. The van der Waals surface area contributed by atoms with Crippen LogP contribution in [0.25, 0.3) is 0 Å². The van der Waals surface area contributed by atoms with Crippen LogP contribution in [0.4, 0.5) is 5.69 Å². The van der Waals surface area contributed by atoms with Crippen LogP contribution < -0.4 is 10.2 Å². The van der Waals surface area contributed by atoms with E-state index in [1.165, 1.54) is 5.56 Å². The molecule has 0 aromatic heterocycles. The number of anilines is 1. The smallest absolute Gasteiger partial charge is 0.258 e. The molecular weight excluding hydrogens is 424 g/mol. The minimum atomic E-state index is -0.0568. The lowest BCUT2D eigenvalue weighted by molar-refractivity contribution is -0.120. The monoisotopic (exact) mass is 456 g/mol. The van der Waals surface area contributed by atoms with E-state index in [0.29, 0.717) is 18.7 Å². The third-order valence-corrected chi connectivity index (χ3v) is 6.22. The minimum Gasteiger partial charge on any atom is -0.376 e. The summed E-state index contributed by atoms with van der Waals surface area (Å²) in [6.07, 6.45) is 2.42. The van der Waals surface area contributed by atoms with Crippen LogP contribution in [0.5, 0.6) is 0 Å². The zero-order valence-corrected chi connectivity index (χ0v) is 19.9. The highest BCUT2D eigenvalue weighted by molar-refractivity contribution is 6.07. The Hall–Kier alpha value is -3.44. The van der Waals surface area contributed by atoms with Crippen molar-refractivity contribution in [1.29, 1.82) is 0 Å². The standard InChI is InChI=1S/C29H32N2O3/c1-21-12-14-23(15-13-21)20-31(29(33)27-11-4-3-7-22(27)2)25-9-5-8-24(17-25)18-28(32)30-19-26-10-6-16-34-26/h3-5,7-9,11-15,17,26H,6,10,16,18-20H2,1-2H3,(H,30,32). The molecule has 2 amide bonds. The molecule has 1 atom stereocenters. The van der Waals surface area contributed by atoms with Crippen LogP contribution in [0.2, 0.25) is 0 Å². The van der Waals surface area contributed by atoms with Crippen LogP contribution in [0.3, 0.4) is 0 Å². The van der Waals surface area contributed by atoms with Gasteiger partial charge in [-0.05, 0) is 61.6 Å². The predicted molar refractivity (Wildman–Crippen MR) is 135 cm³/mol. The first-order chi connectivity index (χ1) is 16.5. The van der Waals surface area contributed by atoms with E-state index in [1.54, 1.807) is 4.90 Å². The fourth-order valence-electron chi connectivity index (χ4n) is 4.23. The number of carbonyl (C=O) groups excluding carboxylic acids is 2. The first-order valence-corrected chi connectivity index (χ1v) is 11.9. The predicted octanol–water partition coefficient (Wildman–Crippen LogP) is 4.99. The Morgan fingerprint density at radius 3 is 2.50 bits per heavy atom. The fraction of sp³-hybridized carbons (Fsp3) is 0.310. The van der Waals surface area contributed by atoms with E-state index in [0.717, 1.165) is 41.8 Å². The summed E-state index contributed by atoms with van der Waals surface area (Å²) in [6, 6.07) is 23.6. The van der Waals surface area contributed by atoms with Gasteiger partial charge in [0.2, 0.25) is 5.91 Å². The lowest BCUT2D eigenvalue weighted by atomic mass is 10.0. The molecule has 1 aliphatic rings. The van der Waals surface area contributed by atoms with E-state index >= 15 is 0 Å². The fourth-order valence-corrected chi connectivity index (χ4v) is 4.23. The van der Waals surface area contributed by atoms with Crippen LogP contribution in [0.15, 0.2) is 72.8 Å². The largest absolute Gasteiger partial charge is 0.376 e. The van der Waals surface area contributed by atoms with Gasteiger partial charge >= 0.3 is 0 Å². The molecule has 1 saturated heterocycles. The van der Waals surface area contributed by atoms with E-state index in [4.69, 9.17) is 4.74 Å². The molecule has 0 spiro atoms. The molecule has 176 valence electrons. The highest BCUT2D eigenvalue weighted by Crippen LogP contribution is 2.23. The molecule has 34 heavy (non-hydrogen) atoms. The number of hydrogen-bond acceptors (Lipinski definition) is 3. The molecule has 3 aromatic carbocycles. The summed E-state index contributed by atoms with van der Waals surface area (Å²) < 4.78 is 5.59.